The van der Waals surface area contributed by atoms with Gasteiger partial charge in [0.15, 0.2) is 0 Å². The molecule has 7 heteroatoms. The van der Waals surface area contributed by atoms with Crippen LogP contribution < -0.4 is 10.4 Å². The molecule has 3 aromatic rings. The molecule has 0 saturated heterocycles. The molecular formula is C27H30F2O5. The quantitative estimate of drug-likeness (QED) is 0.188. The van der Waals surface area contributed by atoms with Gasteiger partial charge in [-0.2, -0.15) is 0 Å². The molecule has 34 heavy (non-hydrogen) atoms. The van der Waals surface area contributed by atoms with E-state index in [-0.39, 0.29) is 38.9 Å². The molecule has 0 amide bonds. The van der Waals surface area contributed by atoms with Gasteiger partial charge in [0.25, 0.3) is 0 Å². The molecule has 0 aliphatic carbocycles. The predicted octanol–water partition coefficient (Wildman–Crippen LogP) is 6.62. The molecule has 0 spiro atoms. The molecule has 0 aliphatic rings. The molecule has 2 aromatic carbocycles. The van der Waals surface area contributed by atoms with Crippen molar-refractivity contribution in [3.8, 4) is 16.9 Å². The van der Waals surface area contributed by atoms with E-state index in [9.17, 15) is 18.4 Å². The Balaban J connectivity index is 1.48. The maximum Gasteiger partial charge on any atom is 0.344 e. The summed E-state index contributed by atoms with van der Waals surface area (Å²) in [7, 11) is 0. The van der Waals surface area contributed by atoms with Gasteiger partial charge in [-0.3, -0.25) is 4.79 Å². The SMILES string of the molecule is CC(C)(C)C(=O)OCCCC(F)(F)CCCOc1ccc2cc(-c3ccccc3)c(=O)oc2c1. The Morgan fingerprint density at radius 2 is 1.62 bits per heavy atom. The van der Waals surface area contributed by atoms with Crippen LogP contribution in [0.25, 0.3) is 22.1 Å². The summed E-state index contributed by atoms with van der Waals surface area (Å²) < 4.78 is 44.3. The number of benzene rings is 2. The topological polar surface area (TPSA) is 65.7 Å². The Hall–Kier alpha value is -3.22. The van der Waals surface area contributed by atoms with Crippen LogP contribution in [0.15, 0.2) is 63.8 Å². The minimum absolute atomic E-state index is 0.0174. The normalized spacial score (nSPS) is 12.0. The minimum atomic E-state index is -2.86. The van der Waals surface area contributed by atoms with E-state index in [1.54, 1.807) is 45.0 Å². The second-order valence-corrected chi connectivity index (χ2v) is 9.31. The van der Waals surface area contributed by atoms with Crippen molar-refractivity contribution < 1.29 is 27.5 Å². The van der Waals surface area contributed by atoms with Crippen molar-refractivity contribution in [2.45, 2.75) is 52.4 Å². The Bertz CT molecular complexity index is 1160. The molecule has 0 atom stereocenters. The predicted molar refractivity (Wildman–Crippen MR) is 127 cm³/mol. The molecule has 0 radical (unpaired) electrons. The lowest BCUT2D eigenvalue weighted by molar-refractivity contribution is -0.153. The summed E-state index contributed by atoms with van der Waals surface area (Å²) in [4.78, 5) is 24.1. The van der Waals surface area contributed by atoms with Gasteiger partial charge in [0.1, 0.15) is 11.3 Å². The van der Waals surface area contributed by atoms with Crippen LogP contribution in [0.3, 0.4) is 0 Å². The third kappa shape index (κ3) is 7.14. The first-order valence-corrected chi connectivity index (χ1v) is 11.4. The zero-order valence-corrected chi connectivity index (χ0v) is 19.7. The van der Waals surface area contributed by atoms with E-state index < -0.39 is 22.9 Å². The average molecular weight is 473 g/mol. The van der Waals surface area contributed by atoms with Gasteiger partial charge in [0.05, 0.1) is 24.2 Å². The number of fused-ring (bicyclic) bond motifs is 1. The number of alkyl halides is 2. The van der Waals surface area contributed by atoms with Crippen LogP contribution in [0.1, 0.15) is 46.5 Å². The molecule has 0 bridgehead atoms. The zero-order chi connectivity index (χ0) is 24.8. The standard InChI is InChI=1S/C27H30F2O5/c1-26(2,3)25(31)33-16-8-14-27(28,29)13-7-15-32-21-12-11-20-17-22(19-9-5-4-6-10-19)24(30)34-23(20)18-21/h4-6,9-12,17-18H,7-8,13-16H2,1-3H3. The molecule has 0 unspecified atom stereocenters. The lowest BCUT2D eigenvalue weighted by atomic mass is 9.97. The van der Waals surface area contributed by atoms with Crippen molar-refractivity contribution in [2.24, 2.45) is 5.41 Å². The summed E-state index contributed by atoms with van der Waals surface area (Å²) >= 11 is 0. The number of halogens is 2. The number of rotatable bonds is 10. The molecule has 1 aromatic heterocycles. The Morgan fingerprint density at radius 1 is 0.941 bits per heavy atom. The molecule has 1 heterocycles. The first kappa shape index (κ1) is 25.4. The highest BCUT2D eigenvalue weighted by atomic mass is 19.3. The van der Waals surface area contributed by atoms with Gasteiger partial charge < -0.3 is 13.9 Å². The van der Waals surface area contributed by atoms with Crippen molar-refractivity contribution in [3.05, 3.63) is 65.0 Å². The molecule has 5 nitrogen and oxygen atoms in total. The lowest BCUT2D eigenvalue weighted by Gasteiger charge is -2.18. The van der Waals surface area contributed by atoms with E-state index in [4.69, 9.17) is 13.9 Å². The van der Waals surface area contributed by atoms with Crippen molar-refractivity contribution in [3.63, 3.8) is 0 Å². The van der Waals surface area contributed by atoms with Crippen molar-refractivity contribution in [1.29, 1.82) is 0 Å². The van der Waals surface area contributed by atoms with Crippen LogP contribution in [-0.4, -0.2) is 25.1 Å². The lowest BCUT2D eigenvalue weighted by Crippen LogP contribution is -2.24. The zero-order valence-electron chi connectivity index (χ0n) is 19.7. The molecule has 0 fully saturated rings. The number of hydrogen-bond acceptors (Lipinski definition) is 5. The smallest absolute Gasteiger partial charge is 0.344 e. The van der Waals surface area contributed by atoms with E-state index in [1.807, 2.05) is 30.3 Å². The summed E-state index contributed by atoms with van der Waals surface area (Å²) in [5, 5.41) is 0.740. The third-order valence-electron chi connectivity index (χ3n) is 5.28. The fourth-order valence-corrected chi connectivity index (χ4v) is 3.36. The first-order chi connectivity index (χ1) is 16.0. The number of ether oxygens (including phenoxy) is 2. The third-order valence-corrected chi connectivity index (χ3v) is 5.28. The second kappa shape index (κ2) is 10.8. The first-order valence-electron chi connectivity index (χ1n) is 11.4. The van der Waals surface area contributed by atoms with Crippen molar-refractivity contribution in [1.82, 2.24) is 0 Å². The highest BCUT2D eigenvalue weighted by Crippen LogP contribution is 2.28. The fraction of sp³-hybridized carbons (Fsp3) is 0.407. The number of hydrogen-bond donors (Lipinski definition) is 0. The van der Waals surface area contributed by atoms with Gasteiger partial charge in [0.2, 0.25) is 5.92 Å². The average Bonchev–Trinajstić information content (AvgIpc) is 2.79. The largest absolute Gasteiger partial charge is 0.493 e. The van der Waals surface area contributed by atoms with E-state index in [0.717, 1.165) is 10.9 Å². The van der Waals surface area contributed by atoms with E-state index in [2.05, 4.69) is 0 Å². The minimum Gasteiger partial charge on any atom is -0.493 e. The molecular weight excluding hydrogens is 442 g/mol. The van der Waals surface area contributed by atoms with E-state index in [1.165, 1.54) is 0 Å². The maximum absolute atomic E-state index is 14.1. The fourth-order valence-electron chi connectivity index (χ4n) is 3.36. The van der Waals surface area contributed by atoms with Gasteiger partial charge >= 0.3 is 11.6 Å². The number of carbonyl (C=O) groups is 1. The summed E-state index contributed by atoms with van der Waals surface area (Å²) in [6, 6.07) is 16.1. The van der Waals surface area contributed by atoms with Crippen LogP contribution in [-0.2, 0) is 9.53 Å². The van der Waals surface area contributed by atoms with Gasteiger partial charge in [-0.05, 0) is 57.4 Å². The highest BCUT2D eigenvalue weighted by Gasteiger charge is 2.28. The van der Waals surface area contributed by atoms with Gasteiger partial charge in [0, 0.05) is 24.3 Å². The van der Waals surface area contributed by atoms with E-state index >= 15 is 0 Å². The van der Waals surface area contributed by atoms with Crippen LogP contribution in [0, 0.1) is 5.41 Å². The molecule has 0 saturated carbocycles. The van der Waals surface area contributed by atoms with Crippen molar-refractivity contribution in [2.75, 3.05) is 13.2 Å². The van der Waals surface area contributed by atoms with Gasteiger partial charge in [-0.1, -0.05) is 30.3 Å². The van der Waals surface area contributed by atoms with Crippen molar-refractivity contribution >= 4 is 16.9 Å². The summed E-state index contributed by atoms with van der Waals surface area (Å²) in [6.45, 7) is 5.24. The summed E-state index contributed by atoms with van der Waals surface area (Å²) in [5.74, 6) is -2.81. The maximum atomic E-state index is 14.1. The van der Waals surface area contributed by atoms with Crippen LogP contribution in [0.5, 0.6) is 5.75 Å². The Labute approximate surface area is 197 Å². The van der Waals surface area contributed by atoms with Crippen LogP contribution in [0.4, 0.5) is 8.78 Å². The van der Waals surface area contributed by atoms with Gasteiger partial charge in [-0.25, -0.2) is 13.6 Å². The molecule has 3 rings (SSSR count). The highest BCUT2D eigenvalue weighted by molar-refractivity contribution is 5.82. The summed E-state index contributed by atoms with van der Waals surface area (Å²) in [6.07, 6.45) is -0.424. The van der Waals surface area contributed by atoms with Gasteiger partial charge in [-0.15, -0.1) is 0 Å². The Morgan fingerprint density at radius 3 is 2.29 bits per heavy atom. The second-order valence-electron chi connectivity index (χ2n) is 9.31. The molecule has 182 valence electrons. The van der Waals surface area contributed by atoms with Crippen LogP contribution >= 0.6 is 0 Å². The monoisotopic (exact) mass is 472 g/mol. The van der Waals surface area contributed by atoms with Crippen LogP contribution in [0.2, 0.25) is 0 Å². The molecule has 0 N–H and O–H groups in total. The number of esters is 1. The number of carbonyl (C=O) groups excluding carboxylic acids is 1. The van der Waals surface area contributed by atoms with E-state index in [0.29, 0.717) is 16.9 Å². The Kier molecular flexibility index (Phi) is 8.07. The summed E-state index contributed by atoms with van der Waals surface area (Å²) in [5.41, 5.74) is 0.514. The molecule has 0 aliphatic heterocycles.